The molecular formula is C19H30N6O4. The van der Waals surface area contributed by atoms with E-state index in [9.17, 15) is 15.3 Å². The first-order valence-electron chi connectivity index (χ1n) is 10.4. The van der Waals surface area contributed by atoms with Crippen molar-refractivity contribution in [3.63, 3.8) is 0 Å². The number of hydrogen-bond acceptors (Lipinski definition) is 9. The zero-order chi connectivity index (χ0) is 20.4. The monoisotopic (exact) mass is 406 g/mol. The third-order valence-electron chi connectivity index (χ3n) is 6.04. The molecule has 1 saturated heterocycles. The molecule has 10 nitrogen and oxygen atoms in total. The zero-order valence-electron chi connectivity index (χ0n) is 16.4. The van der Waals surface area contributed by atoms with Gasteiger partial charge in [0.1, 0.15) is 23.8 Å². The number of aliphatic hydroxyl groups excluding tert-OH is 3. The van der Waals surface area contributed by atoms with Crippen LogP contribution in [0.1, 0.15) is 51.2 Å². The fourth-order valence-electron chi connectivity index (χ4n) is 4.38. The fraction of sp³-hybridized carbons (Fsp3) is 0.737. The van der Waals surface area contributed by atoms with Crippen LogP contribution in [-0.2, 0) is 4.74 Å². The van der Waals surface area contributed by atoms with Gasteiger partial charge in [0.05, 0.1) is 12.9 Å². The van der Waals surface area contributed by atoms with E-state index < -0.39 is 31.1 Å². The molecule has 4 atom stereocenters. The van der Waals surface area contributed by atoms with Gasteiger partial charge in [0.2, 0.25) is 5.95 Å². The van der Waals surface area contributed by atoms with E-state index >= 15 is 0 Å². The van der Waals surface area contributed by atoms with Gasteiger partial charge < -0.3 is 31.1 Å². The van der Waals surface area contributed by atoms with Gasteiger partial charge >= 0.3 is 0 Å². The molecule has 10 heteroatoms. The van der Waals surface area contributed by atoms with Crippen LogP contribution >= 0.6 is 0 Å². The maximum absolute atomic E-state index is 10.3. The maximum Gasteiger partial charge on any atom is 0.226 e. The molecule has 4 rings (SSSR count). The van der Waals surface area contributed by atoms with Crippen molar-refractivity contribution >= 4 is 22.9 Å². The van der Waals surface area contributed by atoms with Gasteiger partial charge in [-0.15, -0.1) is 0 Å². The zero-order valence-corrected chi connectivity index (χ0v) is 16.4. The highest BCUT2D eigenvalue weighted by atomic mass is 16.6. The minimum Gasteiger partial charge on any atom is -0.394 e. The first kappa shape index (κ1) is 20.3. The minimum absolute atomic E-state index is 0.232. The summed E-state index contributed by atoms with van der Waals surface area (Å²) in [5, 5.41) is 32.9. The molecule has 0 radical (unpaired) electrons. The average Bonchev–Trinajstić information content (AvgIpc) is 3.28. The Morgan fingerprint density at radius 2 is 1.97 bits per heavy atom. The molecule has 0 bridgehead atoms. The van der Waals surface area contributed by atoms with Crippen molar-refractivity contribution in [3.05, 3.63) is 6.33 Å². The number of nitrogen functional groups attached to an aromatic ring is 1. The van der Waals surface area contributed by atoms with Gasteiger partial charge in [0.15, 0.2) is 17.7 Å². The molecule has 160 valence electrons. The smallest absolute Gasteiger partial charge is 0.226 e. The van der Waals surface area contributed by atoms with E-state index in [-0.39, 0.29) is 5.82 Å². The van der Waals surface area contributed by atoms with Crippen LogP contribution in [0.2, 0.25) is 0 Å². The summed E-state index contributed by atoms with van der Waals surface area (Å²) in [5.74, 6) is 1.45. The molecule has 2 aromatic rings. The lowest BCUT2D eigenvalue weighted by Gasteiger charge is -2.21. The van der Waals surface area contributed by atoms with Crippen molar-refractivity contribution in [1.29, 1.82) is 0 Å². The number of fused-ring (bicyclic) bond motifs is 1. The number of nitrogens with zero attached hydrogens (tertiary/aromatic N) is 4. The van der Waals surface area contributed by atoms with Crippen LogP contribution in [0.25, 0.3) is 11.2 Å². The summed E-state index contributed by atoms with van der Waals surface area (Å²) >= 11 is 0. The molecule has 2 aliphatic rings. The number of imidazole rings is 1. The van der Waals surface area contributed by atoms with E-state index in [1.807, 2.05) is 0 Å². The Morgan fingerprint density at radius 1 is 1.17 bits per heavy atom. The molecule has 0 unspecified atom stereocenters. The second-order valence-electron chi connectivity index (χ2n) is 8.06. The predicted octanol–water partition coefficient (Wildman–Crippen LogP) is 0.792. The van der Waals surface area contributed by atoms with E-state index in [1.54, 1.807) is 0 Å². The summed E-state index contributed by atoms with van der Waals surface area (Å²) in [6.07, 6.45) is 6.21. The number of nitrogens with one attached hydrogen (secondary N) is 1. The van der Waals surface area contributed by atoms with E-state index in [1.165, 1.54) is 49.4 Å². The van der Waals surface area contributed by atoms with E-state index in [0.717, 1.165) is 18.9 Å². The standard InChI is InChI=1S/C19H30N6O4/c20-16-13-17(25(10-22-13)18-15(28)14(27)12(9-26)29-18)24-19(23-16)21-8-4-7-11-5-2-1-3-6-11/h10-12,14-15,18,26-28H,1-9H2,(H3,20,21,23,24)/t12-,14-,15-,18-/m1/s1. The third kappa shape index (κ3) is 4.16. The lowest BCUT2D eigenvalue weighted by atomic mass is 9.86. The van der Waals surface area contributed by atoms with E-state index in [2.05, 4.69) is 20.3 Å². The third-order valence-corrected chi connectivity index (χ3v) is 6.04. The predicted molar refractivity (Wildman–Crippen MR) is 107 cm³/mol. The molecule has 1 aliphatic heterocycles. The van der Waals surface area contributed by atoms with Crippen molar-refractivity contribution < 1.29 is 20.1 Å². The van der Waals surface area contributed by atoms with Gasteiger partial charge in [-0.3, -0.25) is 4.57 Å². The maximum atomic E-state index is 10.3. The van der Waals surface area contributed by atoms with Crippen LogP contribution < -0.4 is 11.1 Å². The minimum atomic E-state index is -1.22. The lowest BCUT2D eigenvalue weighted by molar-refractivity contribution is -0.0511. The lowest BCUT2D eigenvalue weighted by Crippen LogP contribution is -2.33. The molecule has 0 amide bonds. The van der Waals surface area contributed by atoms with Crippen LogP contribution in [-0.4, -0.2) is 66.3 Å². The first-order chi connectivity index (χ1) is 14.1. The number of nitrogens with two attached hydrogens (primary N) is 1. The van der Waals surface area contributed by atoms with Crippen molar-refractivity contribution in [2.75, 3.05) is 24.2 Å². The van der Waals surface area contributed by atoms with Crippen LogP contribution in [0.5, 0.6) is 0 Å². The van der Waals surface area contributed by atoms with E-state index in [4.69, 9.17) is 10.5 Å². The largest absolute Gasteiger partial charge is 0.394 e. The Hall–Kier alpha value is -2.01. The molecule has 1 saturated carbocycles. The van der Waals surface area contributed by atoms with Crippen molar-refractivity contribution in [2.45, 2.75) is 69.5 Å². The van der Waals surface area contributed by atoms with Crippen LogP contribution in [0.3, 0.4) is 0 Å². The molecular weight excluding hydrogens is 376 g/mol. The van der Waals surface area contributed by atoms with E-state index in [0.29, 0.717) is 17.1 Å². The molecule has 2 aromatic heterocycles. The van der Waals surface area contributed by atoms with Gasteiger partial charge in [-0.2, -0.15) is 9.97 Å². The quantitative estimate of drug-likeness (QED) is 0.420. The van der Waals surface area contributed by atoms with Crippen LogP contribution in [0.4, 0.5) is 11.8 Å². The fourth-order valence-corrected chi connectivity index (χ4v) is 4.38. The van der Waals surface area contributed by atoms with Gasteiger partial charge in [0.25, 0.3) is 0 Å². The molecule has 2 fully saturated rings. The summed E-state index contributed by atoms with van der Waals surface area (Å²) in [6, 6.07) is 0. The second kappa shape index (κ2) is 8.78. The molecule has 29 heavy (non-hydrogen) atoms. The van der Waals surface area contributed by atoms with Crippen molar-refractivity contribution in [2.24, 2.45) is 5.92 Å². The van der Waals surface area contributed by atoms with Crippen molar-refractivity contribution in [3.8, 4) is 0 Å². The normalized spacial score (nSPS) is 28.2. The highest BCUT2D eigenvalue weighted by molar-refractivity contribution is 5.83. The summed E-state index contributed by atoms with van der Waals surface area (Å²) < 4.78 is 7.10. The van der Waals surface area contributed by atoms with Crippen LogP contribution in [0.15, 0.2) is 6.33 Å². The number of aromatic nitrogens is 4. The van der Waals surface area contributed by atoms with Gasteiger partial charge in [-0.05, 0) is 18.8 Å². The molecule has 0 aromatic carbocycles. The highest BCUT2D eigenvalue weighted by Gasteiger charge is 2.44. The van der Waals surface area contributed by atoms with Gasteiger partial charge in [0, 0.05) is 6.54 Å². The van der Waals surface area contributed by atoms with Crippen LogP contribution in [0, 0.1) is 5.92 Å². The molecule has 6 N–H and O–H groups in total. The Morgan fingerprint density at radius 3 is 2.69 bits per heavy atom. The SMILES string of the molecule is Nc1nc(NCCCC2CCCCC2)nc2c1ncn2[C@@H]1O[C@H](CO)[C@@H](O)[C@H]1O. The number of aliphatic hydroxyl groups is 3. The molecule has 0 spiro atoms. The number of hydrogen-bond donors (Lipinski definition) is 5. The number of rotatable bonds is 7. The summed E-state index contributed by atoms with van der Waals surface area (Å²) in [5.41, 5.74) is 6.85. The Labute approximate surface area is 169 Å². The average molecular weight is 406 g/mol. The highest BCUT2D eigenvalue weighted by Crippen LogP contribution is 2.32. The molecule has 1 aliphatic carbocycles. The number of anilines is 2. The summed E-state index contributed by atoms with van der Waals surface area (Å²) in [4.78, 5) is 13.0. The van der Waals surface area contributed by atoms with Gasteiger partial charge in [-0.25, -0.2) is 4.98 Å². The molecule has 3 heterocycles. The Kier molecular flexibility index (Phi) is 6.14. The van der Waals surface area contributed by atoms with Crippen molar-refractivity contribution in [1.82, 2.24) is 19.5 Å². The second-order valence-corrected chi connectivity index (χ2v) is 8.06. The first-order valence-corrected chi connectivity index (χ1v) is 10.4. The number of ether oxygens (including phenoxy) is 1. The topological polar surface area (TPSA) is 152 Å². The van der Waals surface area contributed by atoms with Gasteiger partial charge in [-0.1, -0.05) is 32.1 Å². The summed E-state index contributed by atoms with van der Waals surface area (Å²) in [7, 11) is 0. The Balaban J connectivity index is 1.45. The summed E-state index contributed by atoms with van der Waals surface area (Å²) in [6.45, 7) is 0.357. The Bertz CT molecular complexity index is 824.